The summed E-state index contributed by atoms with van der Waals surface area (Å²) in [5.41, 5.74) is 2.17. The number of guanidine groups is 1. The lowest BCUT2D eigenvalue weighted by molar-refractivity contribution is 0.176. The molecule has 0 saturated carbocycles. The number of hydrogen-bond acceptors (Lipinski definition) is 3. The van der Waals surface area contributed by atoms with Crippen molar-refractivity contribution in [2.75, 3.05) is 33.2 Å². The molecule has 2 aromatic rings. The fraction of sp³-hybridized carbons (Fsp3) is 0.500. The first-order valence-electron chi connectivity index (χ1n) is 10.1. The molecule has 0 bridgehead atoms. The van der Waals surface area contributed by atoms with Gasteiger partial charge in [-0.3, -0.25) is 9.89 Å². The Hall–Kier alpha value is -1.19. The van der Waals surface area contributed by atoms with Gasteiger partial charge in [-0.2, -0.15) is 11.3 Å². The molecule has 1 aliphatic heterocycles. The number of likely N-dealkylation sites (tertiary alicyclic amines) is 1. The second-order valence-electron chi connectivity index (χ2n) is 7.60. The monoisotopic (exact) mass is 530 g/mol. The van der Waals surface area contributed by atoms with E-state index in [2.05, 4.69) is 44.3 Å². The number of hydrogen-bond donors (Lipinski definition) is 2. The van der Waals surface area contributed by atoms with E-state index < -0.39 is 0 Å². The molecule has 1 saturated heterocycles. The molecule has 0 amide bonds. The molecule has 1 fully saturated rings. The molecule has 29 heavy (non-hydrogen) atoms. The molecule has 0 aliphatic carbocycles. The van der Waals surface area contributed by atoms with Gasteiger partial charge in [0.05, 0.1) is 0 Å². The molecule has 1 aromatic carbocycles. The highest BCUT2D eigenvalue weighted by Gasteiger charge is 2.20. The predicted octanol–water partition coefficient (Wildman–Crippen LogP) is 4.69. The van der Waals surface area contributed by atoms with Gasteiger partial charge in [-0.05, 0) is 66.2 Å². The molecule has 2 heterocycles. The summed E-state index contributed by atoms with van der Waals surface area (Å²) >= 11 is 1.74. The Morgan fingerprint density at radius 3 is 2.66 bits per heavy atom. The van der Waals surface area contributed by atoms with Crippen LogP contribution in [0, 0.1) is 11.7 Å². The zero-order chi connectivity index (χ0) is 19.8. The van der Waals surface area contributed by atoms with E-state index in [-0.39, 0.29) is 29.8 Å². The van der Waals surface area contributed by atoms with Crippen LogP contribution in [0.4, 0.5) is 4.39 Å². The van der Waals surface area contributed by atoms with Gasteiger partial charge in [-0.25, -0.2) is 4.39 Å². The highest BCUT2D eigenvalue weighted by atomic mass is 127. The van der Waals surface area contributed by atoms with E-state index in [1.54, 1.807) is 23.5 Å². The molecule has 0 radical (unpaired) electrons. The summed E-state index contributed by atoms with van der Waals surface area (Å²) in [5.74, 6) is 1.87. The molecule has 1 aliphatic rings. The molecule has 1 unspecified atom stereocenters. The number of piperidine rings is 1. The standard InChI is InChI=1S/C22H31FN4S.HI/c1-17(20-9-12-28-16-20)13-25-22(24-2)26-14-18-7-10-27(11-8-18)15-19-5-3-4-6-21(19)23;/h3-6,9,12,16-18H,7-8,10-11,13-15H2,1-2H3,(H2,24,25,26);1H. The van der Waals surface area contributed by atoms with Crippen molar-refractivity contribution in [2.24, 2.45) is 10.9 Å². The molecule has 1 atom stereocenters. The summed E-state index contributed by atoms with van der Waals surface area (Å²) in [7, 11) is 1.82. The molecular formula is C22H32FIN4S. The van der Waals surface area contributed by atoms with Gasteiger partial charge in [0.15, 0.2) is 5.96 Å². The average Bonchev–Trinajstić information content (AvgIpc) is 3.26. The average molecular weight is 530 g/mol. The van der Waals surface area contributed by atoms with Crippen LogP contribution < -0.4 is 10.6 Å². The van der Waals surface area contributed by atoms with E-state index in [9.17, 15) is 4.39 Å². The predicted molar refractivity (Wildman–Crippen MR) is 132 cm³/mol. The van der Waals surface area contributed by atoms with Crippen LogP contribution in [0.1, 0.15) is 36.8 Å². The number of rotatable bonds is 7. The van der Waals surface area contributed by atoms with Crippen molar-refractivity contribution >= 4 is 41.3 Å². The maximum absolute atomic E-state index is 13.8. The van der Waals surface area contributed by atoms with Gasteiger partial charge in [-0.15, -0.1) is 24.0 Å². The number of halogens is 2. The number of aliphatic imine (C=N–C) groups is 1. The summed E-state index contributed by atoms with van der Waals surface area (Å²) in [6.45, 7) is 6.77. The third kappa shape index (κ3) is 7.53. The minimum absolute atomic E-state index is 0. The van der Waals surface area contributed by atoms with Gasteiger partial charge < -0.3 is 10.6 Å². The maximum Gasteiger partial charge on any atom is 0.191 e. The first-order chi connectivity index (χ1) is 13.7. The lowest BCUT2D eigenvalue weighted by Crippen LogP contribution is -2.43. The topological polar surface area (TPSA) is 39.7 Å². The van der Waals surface area contributed by atoms with Crippen LogP contribution in [0.25, 0.3) is 0 Å². The maximum atomic E-state index is 13.8. The Labute approximate surface area is 195 Å². The normalized spacial score (nSPS) is 16.9. The summed E-state index contributed by atoms with van der Waals surface area (Å²) in [6.07, 6.45) is 2.26. The van der Waals surface area contributed by atoms with Crippen LogP contribution in [0.2, 0.25) is 0 Å². The van der Waals surface area contributed by atoms with E-state index in [1.165, 1.54) is 5.56 Å². The smallest absolute Gasteiger partial charge is 0.191 e. The molecule has 0 spiro atoms. The second kappa shape index (κ2) is 12.5. The van der Waals surface area contributed by atoms with E-state index in [0.29, 0.717) is 18.4 Å². The van der Waals surface area contributed by atoms with Gasteiger partial charge >= 0.3 is 0 Å². The minimum atomic E-state index is -0.0992. The van der Waals surface area contributed by atoms with Crippen LogP contribution >= 0.6 is 35.3 Å². The van der Waals surface area contributed by atoms with Gasteiger partial charge in [0.1, 0.15) is 5.82 Å². The Kier molecular flexibility index (Phi) is 10.4. The number of benzene rings is 1. The van der Waals surface area contributed by atoms with Gasteiger partial charge in [0.2, 0.25) is 0 Å². The molecule has 3 rings (SSSR count). The van der Waals surface area contributed by atoms with Gasteiger partial charge in [0.25, 0.3) is 0 Å². The SMILES string of the molecule is CN=C(NCC1CCN(Cc2ccccc2F)CC1)NCC(C)c1ccsc1.I. The highest BCUT2D eigenvalue weighted by Crippen LogP contribution is 2.20. The summed E-state index contributed by atoms with van der Waals surface area (Å²) in [5, 5.41) is 11.2. The van der Waals surface area contributed by atoms with Crippen LogP contribution in [-0.2, 0) is 6.54 Å². The van der Waals surface area contributed by atoms with E-state index in [4.69, 9.17) is 0 Å². The highest BCUT2D eigenvalue weighted by molar-refractivity contribution is 14.0. The van der Waals surface area contributed by atoms with E-state index in [0.717, 1.165) is 50.5 Å². The fourth-order valence-corrected chi connectivity index (χ4v) is 4.38. The molecule has 4 nitrogen and oxygen atoms in total. The molecule has 7 heteroatoms. The van der Waals surface area contributed by atoms with Gasteiger partial charge in [-0.1, -0.05) is 25.1 Å². The lowest BCUT2D eigenvalue weighted by atomic mass is 9.96. The van der Waals surface area contributed by atoms with E-state index >= 15 is 0 Å². The van der Waals surface area contributed by atoms with Crippen molar-refractivity contribution in [3.8, 4) is 0 Å². The largest absolute Gasteiger partial charge is 0.356 e. The Balaban J connectivity index is 0.00000300. The van der Waals surface area contributed by atoms with Crippen molar-refractivity contribution in [1.29, 1.82) is 0 Å². The van der Waals surface area contributed by atoms with Crippen LogP contribution in [0.3, 0.4) is 0 Å². The zero-order valence-electron chi connectivity index (χ0n) is 17.2. The summed E-state index contributed by atoms with van der Waals surface area (Å²) < 4.78 is 13.8. The minimum Gasteiger partial charge on any atom is -0.356 e. The first kappa shape index (κ1) is 24.1. The first-order valence-corrected chi connectivity index (χ1v) is 11.0. The van der Waals surface area contributed by atoms with Crippen LogP contribution in [0.5, 0.6) is 0 Å². The zero-order valence-corrected chi connectivity index (χ0v) is 20.4. The molecular weight excluding hydrogens is 498 g/mol. The molecule has 1 aromatic heterocycles. The lowest BCUT2D eigenvalue weighted by Gasteiger charge is -2.32. The Morgan fingerprint density at radius 1 is 1.24 bits per heavy atom. The van der Waals surface area contributed by atoms with Crippen LogP contribution in [0.15, 0.2) is 46.1 Å². The van der Waals surface area contributed by atoms with Crippen molar-refractivity contribution < 1.29 is 4.39 Å². The summed E-state index contributed by atoms with van der Waals surface area (Å²) in [6, 6.07) is 9.27. The third-order valence-electron chi connectivity index (χ3n) is 5.53. The molecule has 160 valence electrons. The van der Waals surface area contributed by atoms with Crippen molar-refractivity contribution in [2.45, 2.75) is 32.2 Å². The number of thiophene rings is 1. The number of nitrogens with zero attached hydrogens (tertiary/aromatic N) is 2. The second-order valence-corrected chi connectivity index (χ2v) is 8.38. The van der Waals surface area contributed by atoms with Crippen LogP contribution in [-0.4, -0.2) is 44.1 Å². The van der Waals surface area contributed by atoms with Crippen molar-refractivity contribution in [3.05, 3.63) is 58.0 Å². The van der Waals surface area contributed by atoms with Crippen molar-refractivity contribution in [1.82, 2.24) is 15.5 Å². The Morgan fingerprint density at radius 2 is 2.00 bits per heavy atom. The fourth-order valence-electron chi connectivity index (χ4n) is 3.60. The number of nitrogens with one attached hydrogen (secondary N) is 2. The van der Waals surface area contributed by atoms with Gasteiger partial charge in [0, 0.05) is 32.2 Å². The third-order valence-corrected chi connectivity index (χ3v) is 6.23. The van der Waals surface area contributed by atoms with Crippen molar-refractivity contribution in [3.63, 3.8) is 0 Å². The Bertz CT molecular complexity index is 745. The van der Waals surface area contributed by atoms with E-state index in [1.807, 2.05) is 19.2 Å². The molecule has 2 N–H and O–H groups in total. The quantitative estimate of drug-likeness (QED) is 0.310. The summed E-state index contributed by atoms with van der Waals surface area (Å²) in [4.78, 5) is 6.70.